The second-order valence-corrected chi connectivity index (χ2v) is 6.03. The van der Waals surface area contributed by atoms with E-state index in [0.717, 1.165) is 0 Å². The molecular formula is C16H13ClN6O3. The van der Waals surface area contributed by atoms with Crippen LogP contribution in [0.5, 0.6) is 0 Å². The van der Waals surface area contributed by atoms with Crippen LogP contribution in [0.3, 0.4) is 0 Å². The quantitative estimate of drug-likeness (QED) is 0.543. The van der Waals surface area contributed by atoms with Crippen molar-refractivity contribution in [1.82, 2.24) is 24.3 Å². The van der Waals surface area contributed by atoms with Gasteiger partial charge in [0.1, 0.15) is 6.33 Å². The van der Waals surface area contributed by atoms with E-state index in [-0.39, 0.29) is 24.7 Å². The smallest absolute Gasteiger partial charge is 0.358 e. The number of hydrogen-bond acceptors (Lipinski definition) is 6. The molecule has 0 saturated heterocycles. The van der Waals surface area contributed by atoms with Gasteiger partial charge in [-0.25, -0.2) is 9.78 Å². The third-order valence-electron chi connectivity index (χ3n) is 4.07. The van der Waals surface area contributed by atoms with Crippen molar-refractivity contribution in [3.05, 3.63) is 46.8 Å². The lowest BCUT2D eigenvalue weighted by molar-refractivity contribution is 0.0518. The van der Waals surface area contributed by atoms with E-state index in [1.807, 2.05) is 0 Å². The van der Waals surface area contributed by atoms with Gasteiger partial charge in [0.25, 0.3) is 5.91 Å². The molecule has 4 rings (SSSR count). The average Bonchev–Trinajstić information content (AvgIpc) is 3.17. The fraction of sp³-hybridized carbons (Fsp3) is 0.188. The molecule has 0 spiro atoms. The number of fused-ring (bicyclic) bond motifs is 5. The first-order valence-corrected chi connectivity index (χ1v) is 8.15. The molecule has 0 bridgehead atoms. The summed E-state index contributed by atoms with van der Waals surface area (Å²) in [5.74, 6) is -0.864. The molecular weight excluding hydrogens is 360 g/mol. The zero-order valence-corrected chi connectivity index (χ0v) is 14.4. The Labute approximate surface area is 152 Å². The summed E-state index contributed by atoms with van der Waals surface area (Å²) in [4.78, 5) is 28.2. The topological polar surface area (TPSA) is 118 Å². The van der Waals surface area contributed by atoms with E-state index in [0.29, 0.717) is 27.8 Å². The van der Waals surface area contributed by atoms with Crippen molar-refractivity contribution in [2.24, 2.45) is 5.73 Å². The third kappa shape index (κ3) is 2.36. The Balaban J connectivity index is 2.01. The summed E-state index contributed by atoms with van der Waals surface area (Å²) < 4.78 is 8.37. The van der Waals surface area contributed by atoms with E-state index in [9.17, 15) is 9.59 Å². The summed E-state index contributed by atoms with van der Waals surface area (Å²) in [6.07, 6.45) is 1.53. The predicted octanol–water partition coefficient (Wildman–Crippen LogP) is 1.42. The van der Waals surface area contributed by atoms with Gasteiger partial charge in [-0.3, -0.25) is 13.9 Å². The van der Waals surface area contributed by atoms with Gasteiger partial charge in [0.05, 0.1) is 24.5 Å². The maximum atomic E-state index is 12.3. The highest BCUT2D eigenvalue weighted by atomic mass is 35.5. The number of ether oxygens (including phenoxy) is 1. The molecule has 3 heterocycles. The molecule has 9 nitrogen and oxygen atoms in total. The minimum Gasteiger partial charge on any atom is -0.461 e. The van der Waals surface area contributed by atoms with Gasteiger partial charge in [-0.15, -0.1) is 10.2 Å². The molecule has 10 heteroatoms. The maximum absolute atomic E-state index is 12.3. The molecule has 2 aromatic heterocycles. The van der Waals surface area contributed by atoms with Crippen molar-refractivity contribution in [2.75, 3.05) is 6.61 Å². The SMILES string of the molecule is CCOC(=O)c1ncn2c1Cn1c(C(N)=O)nnc1-c1cc(Cl)ccc1-2. The number of hydrogen-bond donors (Lipinski definition) is 1. The van der Waals surface area contributed by atoms with Gasteiger partial charge in [-0.1, -0.05) is 11.6 Å². The molecule has 0 unspecified atom stereocenters. The molecule has 1 aliphatic heterocycles. The highest BCUT2D eigenvalue weighted by Crippen LogP contribution is 2.34. The first kappa shape index (κ1) is 16.3. The highest BCUT2D eigenvalue weighted by Gasteiger charge is 2.29. The molecule has 1 aliphatic rings. The van der Waals surface area contributed by atoms with E-state index >= 15 is 0 Å². The molecule has 1 aromatic carbocycles. The number of esters is 1. The Hall–Kier alpha value is -3.20. The molecule has 2 N–H and O–H groups in total. The van der Waals surface area contributed by atoms with Gasteiger partial charge in [-0.2, -0.15) is 0 Å². The van der Waals surface area contributed by atoms with Crippen LogP contribution in [0.15, 0.2) is 24.5 Å². The maximum Gasteiger partial charge on any atom is 0.358 e. The van der Waals surface area contributed by atoms with Crippen LogP contribution >= 0.6 is 11.6 Å². The van der Waals surface area contributed by atoms with E-state index in [2.05, 4.69) is 15.2 Å². The van der Waals surface area contributed by atoms with Crippen molar-refractivity contribution in [3.8, 4) is 17.1 Å². The second-order valence-electron chi connectivity index (χ2n) is 5.59. The van der Waals surface area contributed by atoms with Gasteiger partial charge in [0.2, 0.25) is 5.82 Å². The minimum absolute atomic E-state index is 0.0182. The van der Waals surface area contributed by atoms with Crippen molar-refractivity contribution < 1.29 is 14.3 Å². The third-order valence-corrected chi connectivity index (χ3v) is 4.31. The lowest BCUT2D eigenvalue weighted by Gasteiger charge is -2.09. The molecule has 1 amide bonds. The molecule has 26 heavy (non-hydrogen) atoms. The summed E-state index contributed by atoms with van der Waals surface area (Å²) in [6, 6.07) is 5.21. The van der Waals surface area contributed by atoms with Crippen LogP contribution in [0.25, 0.3) is 17.1 Å². The zero-order valence-electron chi connectivity index (χ0n) is 13.6. The van der Waals surface area contributed by atoms with Gasteiger partial charge in [0.15, 0.2) is 11.5 Å². The van der Waals surface area contributed by atoms with Crippen LogP contribution in [0, 0.1) is 0 Å². The number of nitrogens with zero attached hydrogens (tertiary/aromatic N) is 5. The second kappa shape index (κ2) is 5.95. The molecule has 0 saturated carbocycles. The van der Waals surface area contributed by atoms with Crippen molar-refractivity contribution >= 4 is 23.5 Å². The Morgan fingerprint density at radius 3 is 2.88 bits per heavy atom. The number of rotatable bonds is 3. The minimum atomic E-state index is -0.724. The molecule has 3 aromatic rings. The average molecular weight is 373 g/mol. The van der Waals surface area contributed by atoms with Crippen LogP contribution in [0.2, 0.25) is 5.02 Å². The summed E-state index contributed by atoms with van der Waals surface area (Å²) in [6.45, 7) is 2.07. The van der Waals surface area contributed by atoms with Crippen LogP contribution in [-0.2, 0) is 11.3 Å². The number of primary amides is 1. The summed E-state index contributed by atoms with van der Waals surface area (Å²) in [5, 5.41) is 8.48. The number of carbonyl (C=O) groups is 2. The van der Waals surface area contributed by atoms with Crippen LogP contribution in [0.1, 0.15) is 33.7 Å². The van der Waals surface area contributed by atoms with Crippen LogP contribution in [0.4, 0.5) is 0 Å². The number of halogens is 1. The molecule has 0 atom stereocenters. The van der Waals surface area contributed by atoms with Crippen LogP contribution in [-0.4, -0.2) is 42.8 Å². The fourth-order valence-electron chi connectivity index (χ4n) is 2.98. The van der Waals surface area contributed by atoms with Gasteiger partial charge >= 0.3 is 5.97 Å². The molecule has 0 aliphatic carbocycles. The predicted molar refractivity (Wildman–Crippen MR) is 91.2 cm³/mol. The summed E-state index contributed by atoms with van der Waals surface area (Å²) in [7, 11) is 0. The van der Waals surface area contributed by atoms with Crippen LogP contribution < -0.4 is 5.73 Å². The van der Waals surface area contributed by atoms with Gasteiger partial charge in [0, 0.05) is 10.6 Å². The normalized spacial score (nSPS) is 11.9. The monoisotopic (exact) mass is 372 g/mol. The zero-order chi connectivity index (χ0) is 18.4. The Morgan fingerprint density at radius 1 is 1.35 bits per heavy atom. The number of imidazole rings is 1. The molecule has 132 valence electrons. The Kier molecular flexibility index (Phi) is 3.73. The van der Waals surface area contributed by atoms with Gasteiger partial charge in [-0.05, 0) is 25.1 Å². The Bertz CT molecular complexity index is 1050. The summed E-state index contributed by atoms with van der Waals surface area (Å²) >= 11 is 6.14. The number of benzene rings is 1. The standard InChI is InChI=1S/C16H13ClN6O3/c1-2-26-16(25)12-11-6-22-14(20-21-15(22)13(18)24)9-5-8(17)3-4-10(9)23(11)7-19-12/h3-5,7H,2,6H2,1H3,(H2,18,24). The lowest BCUT2D eigenvalue weighted by atomic mass is 10.1. The highest BCUT2D eigenvalue weighted by molar-refractivity contribution is 6.31. The largest absolute Gasteiger partial charge is 0.461 e. The summed E-state index contributed by atoms with van der Waals surface area (Å²) in [5.41, 5.74) is 7.46. The van der Waals surface area contributed by atoms with E-state index < -0.39 is 11.9 Å². The molecule has 0 fully saturated rings. The number of amides is 1. The van der Waals surface area contributed by atoms with Crippen molar-refractivity contribution in [3.63, 3.8) is 0 Å². The first-order valence-electron chi connectivity index (χ1n) is 7.78. The lowest BCUT2D eigenvalue weighted by Crippen LogP contribution is -2.20. The number of carbonyl (C=O) groups excluding carboxylic acids is 2. The number of nitrogens with two attached hydrogens (primary N) is 1. The first-order chi connectivity index (χ1) is 12.5. The Morgan fingerprint density at radius 2 is 2.15 bits per heavy atom. The number of aromatic nitrogens is 5. The van der Waals surface area contributed by atoms with E-state index in [4.69, 9.17) is 22.1 Å². The van der Waals surface area contributed by atoms with E-state index in [1.54, 1.807) is 34.3 Å². The molecule has 0 radical (unpaired) electrons. The van der Waals surface area contributed by atoms with E-state index in [1.165, 1.54) is 6.33 Å². The fourth-order valence-corrected chi connectivity index (χ4v) is 3.16. The van der Waals surface area contributed by atoms with Crippen molar-refractivity contribution in [2.45, 2.75) is 13.5 Å². The van der Waals surface area contributed by atoms with Crippen molar-refractivity contribution in [1.29, 1.82) is 0 Å². The van der Waals surface area contributed by atoms with Gasteiger partial charge < -0.3 is 10.5 Å².